The number of anilines is 2. The fraction of sp³-hybridized carbons (Fsp3) is 0.206. The van der Waals surface area contributed by atoms with Crippen LogP contribution in [-0.2, 0) is 10.3 Å². The summed E-state index contributed by atoms with van der Waals surface area (Å²) < 4.78 is 7.70. The van der Waals surface area contributed by atoms with E-state index >= 15 is 0 Å². The molecule has 41 heavy (non-hydrogen) atoms. The average molecular weight is 544 g/mol. The van der Waals surface area contributed by atoms with Gasteiger partial charge < -0.3 is 15.4 Å². The van der Waals surface area contributed by atoms with Crippen molar-refractivity contribution in [3.63, 3.8) is 0 Å². The van der Waals surface area contributed by atoms with Gasteiger partial charge in [0, 0.05) is 22.9 Å². The summed E-state index contributed by atoms with van der Waals surface area (Å²) in [5, 5.41) is 6.52. The molecule has 3 heterocycles. The smallest absolute Gasteiger partial charge is 0.408 e. The van der Waals surface area contributed by atoms with Crippen LogP contribution in [0.5, 0.6) is 0 Å². The number of amides is 1. The monoisotopic (exact) mass is 543 g/mol. The number of imidazole rings is 1. The number of nitrogens with zero attached hydrogens (tertiary/aromatic N) is 3. The molecule has 7 heteroatoms. The standard InChI is InChI=1S/C34H33N5O2/c1-33(2,3)41-32(40)38-34(4,5)24-19-17-23(18-20-24)29-28(22-12-7-6-8-13-22)37-31-25-14-9-10-15-26(25)36-30-27(39(29)31)16-11-21-35-30/h6-21H,1-5H3,(H,35,36)(H,38,40). The molecule has 0 saturated heterocycles. The lowest BCUT2D eigenvalue weighted by Crippen LogP contribution is -2.43. The lowest BCUT2D eigenvalue weighted by molar-refractivity contribution is 0.0470. The Morgan fingerprint density at radius 2 is 1.54 bits per heavy atom. The molecule has 0 aliphatic carbocycles. The predicted molar refractivity (Wildman–Crippen MR) is 163 cm³/mol. The molecule has 6 rings (SSSR count). The van der Waals surface area contributed by atoms with Crippen molar-refractivity contribution in [3.05, 3.63) is 103 Å². The van der Waals surface area contributed by atoms with E-state index in [4.69, 9.17) is 9.72 Å². The molecule has 0 radical (unpaired) electrons. The maximum Gasteiger partial charge on any atom is 0.408 e. The number of aromatic nitrogens is 3. The number of nitrogens with one attached hydrogen (secondary N) is 2. The highest BCUT2D eigenvalue weighted by molar-refractivity contribution is 5.90. The molecule has 3 aromatic carbocycles. The van der Waals surface area contributed by atoms with Gasteiger partial charge >= 0.3 is 6.09 Å². The van der Waals surface area contributed by atoms with Gasteiger partial charge in [0.05, 0.1) is 28.3 Å². The van der Waals surface area contributed by atoms with Crippen molar-refractivity contribution >= 4 is 17.6 Å². The van der Waals surface area contributed by atoms with E-state index in [-0.39, 0.29) is 0 Å². The van der Waals surface area contributed by atoms with Gasteiger partial charge in [-0.15, -0.1) is 0 Å². The predicted octanol–water partition coefficient (Wildman–Crippen LogP) is 8.09. The minimum Gasteiger partial charge on any atom is -0.444 e. The molecular weight excluding hydrogens is 510 g/mol. The van der Waals surface area contributed by atoms with E-state index in [2.05, 4.69) is 74.8 Å². The first-order chi connectivity index (χ1) is 19.6. The Labute approximate surface area is 240 Å². The summed E-state index contributed by atoms with van der Waals surface area (Å²) in [7, 11) is 0. The van der Waals surface area contributed by atoms with Crippen LogP contribution in [0.3, 0.4) is 0 Å². The molecule has 0 fully saturated rings. The molecule has 7 nitrogen and oxygen atoms in total. The molecule has 0 unspecified atom stereocenters. The summed E-state index contributed by atoms with van der Waals surface area (Å²) in [5.74, 6) is 1.60. The zero-order valence-corrected chi connectivity index (χ0v) is 23.9. The number of alkyl carbamates (subject to hydrolysis) is 1. The van der Waals surface area contributed by atoms with Gasteiger partial charge in [-0.3, -0.25) is 4.57 Å². The Hall–Kier alpha value is -4.91. The zero-order valence-electron chi connectivity index (χ0n) is 23.9. The topological polar surface area (TPSA) is 81.1 Å². The number of fused-ring (bicyclic) bond motifs is 5. The second-order valence-electron chi connectivity index (χ2n) is 11.7. The van der Waals surface area contributed by atoms with Crippen molar-refractivity contribution in [3.8, 4) is 39.6 Å². The van der Waals surface area contributed by atoms with Crippen LogP contribution in [0.25, 0.3) is 39.6 Å². The van der Waals surface area contributed by atoms with Crippen molar-refractivity contribution in [2.24, 2.45) is 0 Å². The van der Waals surface area contributed by atoms with Crippen LogP contribution in [0.2, 0.25) is 0 Å². The largest absolute Gasteiger partial charge is 0.444 e. The summed E-state index contributed by atoms with van der Waals surface area (Å²) in [6.45, 7) is 9.51. The lowest BCUT2D eigenvalue weighted by Gasteiger charge is -2.29. The third kappa shape index (κ3) is 5.07. The molecule has 2 N–H and O–H groups in total. The molecule has 206 valence electrons. The van der Waals surface area contributed by atoms with Crippen LogP contribution < -0.4 is 10.6 Å². The van der Waals surface area contributed by atoms with Crippen LogP contribution in [-0.4, -0.2) is 26.2 Å². The molecule has 1 aliphatic heterocycles. The van der Waals surface area contributed by atoms with E-state index in [9.17, 15) is 4.79 Å². The minimum atomic E-state index is -0.642. The first-order valence-corrected chi connectivity index (χ1v) is 13.7. The van der Waals surface area contributed by atoms with Gasteiger partial charge in [-0.25, -0.2) is 14.8 Å². The Balaban J connectivity index is 1.51. The number of rotatable bonds is 4. The van der Waals surface area contributed by atoms with Crippen LogP contribution in [0.15, 0.2) is 97.2 Å². The normalized spacial score (nSPS) is 12.3. The zero-order chi connectivity index (χ0) is 28.8. The fourth-order valence-electron chi connectivity index (χ4n) is 5.16. The Bertz CT molecular complexity index is 1730. The molecule has 0 spiro atoms. The quantitative estimate of drug-likeness (QED) is 0.235. The third-order valence-corrected chi connectivity index (χ3v) is 7.07. The van der Waals surface area contributed by atoms with Gasteiger partial charge in [-0.1, -0.05) is 66.7 Å². The Morgan fingerprint density at radius 3 is 2.27 bits per heavy atom. The average Bonchev–Trinajstić information content (AvgIpc) is 3.27. The van der Waals surface area contributed by atoms with Crippen LogP contribution in [0, 0.1) is 0 Å². The van der Waals surface area contributed by atoms with Crippen molar-refractivity contribution < 1.29 is 9.53 Å². The highest BCUT2D eigenvalue weighted by Crippen LogP contribution is 2.44. The van der Waals surface area contributed by atoms with E-state index in [1.807, 2.05) is 71.0 Å². The van der Waals surface area contributed by atoms with Gasteiger partial charge in [0.1, 0.15) is 11.4 Å². The number of pyridine rings is 1. The van der Waals surface area contributed by atoms with Crippen LogP contribution in [0.1, 0.15) is 40.2 Å². The second kappa shape index (κ2) is 9.93. The van der Waals surface area contributed by atoms with Crippen molar-refractivity contribution in [1.82, 2.24) is 19.9 Å². The Kier molecular flexibility index (Phi) is 6.37. The number of benzene rings is 3. The maximum atomic E-state index is 12.6. The summed E-state index contributed by atoms with van der Waals surface area (Å²) in [6, 6.07) is 30.7. The second-order valence-corrected chi connectivity index (χ2v) is 11.7. The van der Waals surface area contributed by atoms with E-state index in [0.29, 0.717) is 0 Å². The van der Waals surface area contributed by atoms with Crippen molar-refractivity contribution in [2.45, 2.75) is 45.8 Å². The van der Waals surface area contributed by atoms with Gasteiger partial charge in [0.2, 0.25) is 0 Å². The van der Waals surface area contributed by atoms with E-state index in [0.717, 1.165) is 56.7 Å². The molecule has 5 aromatic rings. The van der Waals surface area contributed by atoms with Gasteiger partial charge in [-0.05, 0) is 64.4 Å². The molecule has 0 atom stereocenters. The summed E-state index contributed by atoms with van der Waals surface area (Å²) in [4.78, 5) is 22.5. The first-order valence-electron chi connectivity index (χ1n) is 13.7. The SMILES string of the molecule is CC(C)(C)OC(=O)NC(C)(C)c1ccc(-c2c(-c3ccccc3)nc3n2-c2cccnc2Nc2ccccc2-3)cc1. The minimum absolute atomic E-state index is 0.450. The lowest BCUT2D eigenvalue weighted by atomic mass is 9.92. The summed E-state index contributed by atoms with van der Waals surface area (Å²) >= 11 is 0. The molecule has 1 aliphatic rings. The number of carbonyl (C=O) groups excluding carboxylic acids is 1. The number of carbonyl (C=O) groups is 1. The van der Waals surface area contributed by atoms with Crippen molar-refractivity contribution in [1.29, 1.82) is 0 Å². The van der Waals surface area contributed by atoms with Gasteiger partial charge in [0.15, 0.2) is 5.82 Å². The summed E-state index contributed by atoms with van der Waals surface area (Å²) in [5.41, 5.74) is 6.46. The number of hydrogen-bond acceptors (Lipinski definition) is 5. The molecule has 1 amide bonds. The fourth-order valence-corrected chi connectivity index (χ4v) is 5.16. The number of ether oxygens (including phenoxy) is 1. The Morgan fingerprint density at radius 1 is 0.829 bits per heavy atom. The van der Waals surface area contributed by atoms with Crippen LogP contribution >= 0.6 is 0 Å². The number of hydrogen-bond donors (Lipinski definition) is 2. The highest BCUT2D eigenvalue weighted by Gasteiger charge is 2.29. The van der Waals surface area contributed by atoms with Gasteiger partial charge in [-0.2, -0.15) is 0 Å². The first kappa shape index (κ1) is 26.3. The van der Waals surface area contributed by atoms with E-state index in [1.54, 1.807) is 6.20 Å². The molecular formula is C34H33N5O2. The van der Waals surface area contributed by atoms with Gasteiger partial charge in [0.25, 0.3) is 0 Å². The molecule has 0 saturated carbocycles. The third-order valence-electron chi connectivity index (χ3n) is 7.07. The maximum absolute atomic E-state index is 12.6. The highest BCUT2D eigenvalue weighted by atomic mass is 16.6. The van der Waals surface area contributed by atoms with Crippen molar-refractivity contribution in [2.75, 3.05) is 5.32 Å². The van der Waals surface area contributed by atoms with E-state index < -0.39 is 17.2 Å². The summed E-state index contributed by atoms with van der Waals surface area (Å²) in [6.07, 6.45) is 1.34. The van der Waals surface area contributed by atoms with Crippen LogP contribution in [0.4, 0.5) is 16.3 Å². The molecule has 2 aromatic heterocycles. The van der Waals surface area contributed by atoms with E-state index in [1.165, 1.54) is 0 Å². The molecule has 0 bridgehead atoms. The number of para-hydroxylation sites is 1.